The zero-order valence-corrected chi connectivity index (χ0v) is 19.5. The van der Waals surface area contributed by atoms with Crippen LogP contribution in [0.25, 0.3) is 10.8 Å². The van der Waals surface area contributed by atoms with Crippen LogP contribution in [0.2, 0.25) is 0 Å². The summed E-state index contributed by atoms with van der Waals surface area (Å²) >= 11 is 0. The van der Waals surface area contributed by atoms with Crippen LogP contribution in [0.4, 0.5) is 5.82 Å². The molecule has 9 nitrogen and oxygen atoms in total. The van der Waals surface area contributed by atoms with E-state index in [4.69, 9.17) is 15.2 Å². The number of ether oxygens (including phenoxy) is 2. The van der Waals surface area contributed by atoms with E-state index in [9.17, 15) is 9.59 Å². The van der Waals surface area contributed by atoms with Gasteiger partial charge in [-0.3, -0.25) is 4.79 Å². The van der Waals surface area contributed by atoms with E-state index in [1.807, 2.05) is 60.7 Å². The zero-order valence-electron chi connectivity index (χ0n) is 19.5. The number of carbonyl (C=O) groups is 2. The number of nitrogens with two attached hydrogens (primary N) is 1. The van der Waals surface area contributed by atoms with Crippen molar-refractivity contribution < 1.29 is 19.1 Å². The predicted molar refractivity (Wildman–Crippen MR) is 134 cm³/mol. The van der Waals surface area contributed by atoms with Crippen LogP contribution < -0.4 is 10.5 Å². The van der Waals surface area contributed by atoms with Gasteiger partial charge in [-0.1, -0.05) is 48.5 Å². The van der Waals surface area contributed by atoms with Gasteiger partial charge in [-0.2, -0.15) is 5.10 Å². The molecule has 0 radical (unpaired) electrons. The molecule has 1 aliphatic heterocycles. The van der Waals surface area contributed by atoms with Crippen LogP contribution in [0.3, 0.4) is 0 Å². The molecule has 0 aliphatic carbocycles. The molecule has 1 atom stereocenters. The van der Waals surface area contributed by atoms with Gasteiger partial charge in [0.15, 0.2) is 18.1 Å². The monoisotopic (exact) mass is 481 g/mol. The molecule has 0 spiro atoms. The highest BCUT2D eigenvalue weighted by Gasteiger charge is 2.34. The van der Waals surface area contributed by atoms with E-state index in [-0.39, 0.29) is 17.6 Å². The lowest BCUT2D eigenvalue weighted by atomic mass is 9.97. The molecular formula is C27H23N5O4. The van der Waals surface area contributed by atoms with E-state index in [0.717, 1.165) is 27.6 Å². The van der Waals surface area contributed by atoms with Crippen molar-refractivity contribution in [3.8, 4) is 5.75 Å². The number of hydrazone groups is 1. The molecule has 9 heteroatoms. The van der Waals surface area contributed by atoms with E-state index < -0.39 is 18.5 Å². The van der Waals surface area contributed by atoms with Crippen molar-refractivity contribution in [1.82, 2.24) is 15.0 Å². The lowest BCUT2D eigenvalue weighted by Gasteiger charge is -2.22. The molecule has 2 N–H and O–H groups in total. The average molecular weight is 482 g/mol. The fourth-order valence-electron chi connectivity index (χ4n) is 4.14. The van der Waals surface area contributed by atoms with Crippen molar-refractivity contribution in [3.05, 3.63) is 95.9 Å². The highest BCUT2D eigenvalue weighted by Crippen LogP contribution is 2.34. The maximum absolute atomic E-state index is 13.2. The standard InChI is InChI=1S/C27H23N5O4/c1-35-21-10-8-18(9-11-21)23-15-22(20-7-6-17-4-2-3-5-19(17)14-20)31-32(23)24(33)16-36-27(34)25-26(28)30-13-12-29-25/h2-14,23H,15-16H2,1H3,(H2,28,30). The molecule has 1 unspecified atom stereocenters. The smallest absolute Gasteiger partial charge is 0.361 e. The molecule has 1 aromatic heterocycles. The molecule has 4 aromatic rings. The fourth-order valence-corrected chi connectivity index (χ4v) is 4.14. The molecule has 2 heterocycles. The zero-order chi connectivity index (χ0) is 25.1. The first-order chi connectivity index (χ1) is 17.5. The molecule has 0 fully saturated rings. The quantitative estimate of drug-likeness (QED) is 0.416. The number of nitrogens with zero attached hydrogens (tertiary/aromatic N) is 4. The number of fused-ring (bicyclic) bond motifs is 1. The number of anilines is 1. The summed E-state index contributed by atoms with van der Waals surface area (Å²) in [6.45, 7) is -0.518. The van der Waals surface area contributed by atoms with Crippen LogP contribution in [-0.2, 0) is 9.53 Å². The van der Waals surface area contributed by atoms with E-state index in [1.54, 1.807) is 7.11 Å². The number of aromatic nitrogens is 2. The Morgan fingerprint density at radius 3 is 2.50 bits per heavy atom. The Morgan fingerprint density at radius 2 is 1.75 bits per heavy atom. The molecule has 180 valence electrons. The average Bonchev–Trinajstić information content (AvgIpc) is 3.37. The van der Waals surface area contributed by atoms with Crippen LogP contribution in [-0.4, -0.2) is 46.3 Å². The first-order valence-electron chi connectivity index (χ1n) is 11.3. The minimum absolute atomic E-state index is 0.0659. The number of hydrogen-bond acceptors (Lipinski definition) is 8. The molecule has 5 rings (SSSR count). The van der Waals surface area contributed by atoms with Crippen molar-refractivity contribution >= 4 is 34.2 Å². The highest BCUT2D eigenvalue weighted by molar-refractivity contribution is 6.05. The maximum Gasteiger partial charge on any atom is 0.361 e. The summed E-state index contributed by atoms with van der Waals surface area (Å²) in [6, 6.07) is 21.2. The van der Waals surface area contributed by atoms with Gasteiger partial charge >= 0.3 is 5.97 Å². The van der Waals surface area contributed by atoms with Crippen molar-refractivity contribution in [2.24, 2.45) is 5.10 Å². The van der Waals surface area contributed by atoms with E-state index >= 15 is 0 Å². The predicted octanol–water partition coefficient (Wildman–Crippen LogP) is 3.76. The van der Waals surface area contributed by atoms with Crippen LogP contribution >= 0.6 is 0 Å². The molecule has 0 saturated carbocycles. The summed E-state index contributed by atoms with van der Waals surface area (Å²) in [5, 5.41) is 8.24. The van der Waals surface area contributed by atoms with E-state index in [1.165, 1.54) is 17.4 Å². The fraction of sp³-hybridized carbons (Fsp3) is 0.148. The van der Waals surface area contributed by atoms with Gasteiger partial charge in [0.2, 0.25) is 0 Å². The topological polar surface area (TPSA) is 120 Å². The van der Waals surface area contributed by atoms with Gasteiger partial charge in [-0.25, -0.2) is 19.8 Å². The van der Waals surface area contributed by atoms with Crippen molar-refractivity contribution in [2.45, 2.75) is 12.5 Å². The summed E-state index contributed by atoms with van der Waals surface area (Å²) in [5.41, 5.74) is 8.12. The second kappa shape index (κ2) is 9.83. The third-order valence-electron chi connectivity index (χ3n) is 6.00. The first-order valence-corrected chi connectivity index (χ1v) is 11.3. The van der Waals surface area contributed by atoms with Crippen LogP contribution in [0.15, 0.2) is 84.2 Å². The molecule has 0 bridgehead atoms. The summed E-state index contributed by atoms with van der Waals surface area (Å²) in [6.07, 6.45) is 3.19. The third kappa shape index (κ3) is 4.58. The number of esters is 1. The van der Waals surface area contributed by atoms with Gasteiger partial charge in [0.05, 0.1) is 18.9 Å². The van der Waals surface area contributed by atoms with E-state index in [2.05, 4.69) is 21.1 Å². The summed E-state index contributed by atoms with van der Waals surface area (Å²) < 4.78 is 10.5. The number of hydrogen-bond donors (Lipinski definition) is 1. The minimum atomic E-state index is -0.826. The maximum atomic E-state index is 13.2. The lowest BCUT2D eigenvalue weighted by Crippen LogP contribution is -2.31. The number of carbonyl (C=O) groups excluding carboxylic acids is 2. The van der Waals surface area contributed by atoms with Crippen molar-refractivity contribution in [3.63, 3.8) is 0 Å². The number of nitrogen functional groups attached to an aromatic ring is 1. The van der Waals surface area contributed by atoms with Gasteiger partial charge in [0.1, 0.15) is 5.75 Å². The number of rotatable bonds is 6. The van der Waals surface area contributed by atoms with Gasteiger partial charge in [0.25, 0.3) is 5.91 Å². The van der Waals surface area contributed by atoms with Crippen LogP contribution in [0.1, 0.15) is 34.1 Å². The Labute approximate surface area is 207 Å². The Kier molecular flexibility index (Phi) is 6.27. The first kappa shape index (κ1) is 23.0. The van der Waals surface area contributed by atoms with E-state index in [0.29, 0.717) is 12.2 Å². The van der Waals surface area contributed by atoms with Gasteiger partial charge in [-0.15, -0.1) is 0 Å². The van der Waals surface area contributed by atoms with Gasteiger partial charge in [0, 0.05) is 18.8 Å². The molecular weight excluding hydrogens is 458 g/mol. The Bertz CT molecular complexity index is 1470. The number of amides is 1. The van der Waals surface area contributed by atoms with Crippen LogP contribution in [0.5, 0.6) is 5.75 Å². The second-order valence-corrected chi connectivity index (χ2v) is 8.21. The molecule has 0 saturated heterocycles. The SMILES string of the molecule is COc1ccc(C2CC(c3ccc4ccccc4c3)=NN2C(=O)COC(=O)c2nccnc2N)cc1. The highest BCUT2D eigenvalue weighted by atomic mass is 16.5. The Hall–Kier alpha value is -4.79. The normalized spacial score (nSPS) is 15.0. The minimum Gasteiger partial charge on any atom is -0.497 e. The van der Waals surface area contributed by atoms with Gasteiger partial charge < -0.3 is 15.2 Å². The Morgan fingerprint density at radius 1 is 1.00 bits per heavy atom. The third-order valence-corrected chi connectivity index (χ3v) is 6.00. The molecule has 36 heavy (non-hydrogen) atoms. The van der Waals surface area contributed by atoms with Gasteiger partial charge in [-0.05, 0) is 40.1 Å². The van der Waals surface area contributed by atoms with Crippen molar-refractivity contribution in [2.75, 3.05) is 19.5 Å². The molecule has 1 amide bonds. The number of methoxy groups -OCH3 is 1. The second-order valence-electron chi connectivity index (χ2n) is 8.21. The summed E-state index contributed by atoms with van der Waals surface area (Å²) in [4.78, 5) is 33.3. The summed E-state index contributed by atoms with van der Waals surface area (Å²) in [7, 11) is 1.60. The Balaban J connectivity index is 1.41. The lowest BCUT2D eigenvalue weighted by molar-refractivity contribution is -0.136. The summed E-state index contributed by atoms with van der Waals surface area (Å²) in [5.74, 6) is -0.653. The van der Waals surface area contributed by atoms with Crippen molar-refractivity contribution in [1.29, 1.82) is 0 Å². The molecule has 3 aromatic carbocycles. The largest absolute Gasteiger partial charge is 0.497 e. The van der Waals surface area contributed by atoms with Crippen LogP contribution in [0, 0.1) is 0 Å². The molecule has 1 aliphatic rings. The number of benzene rings is 3.